The Morgan fingerprint density at radius 3 is 2.17 bits per heavy atom. The summed E-state index contributed by atoms with van der Waals surface area (Å²) >= 11 is 0. The molecule has 2 aromatic rings. The van der Waals surface area contributed by atoms with Gasteiger partial charge in [-0.05, 0) is 32.0 Å². The van der Waals surface area contributed by atoms with Crippen molar-refractivity contribution in [3.8, 4) is 17.2 Å². The molecule has 0 aliphatic rings. The van der Waals surface area contributed by atoms with Crippen molar-refractivity contribution < 1.29 is 27.4 Å². The normalized spacial score (nSPS) is 13.1. The average molecular weight is 437 g/mol. The summed E-state index contributed by atoms with van der Waals surface area (Å²) in [5.41, 5.74) is 0.998. The van der Waals surface area contributed by atoms with E-state index in [1.165, 1.54) is 27.2 Å². The fourth-order valence-electron chi connectivity index (χ4n) is 3.19. The molecule has 1 amide bonds. The molecule has 0 saturated carbocycles. The first-order valence-corrected chi connectivity index (χ1v) is 11.1. The molecule has 0 heterocycles. The molecule has 0 aromatic heterocycles. The minimum absolute atomic E-state index is 0.215. The Hall–Kier alpha value is -2.94. The van der Waals surface area contributed by atoms with Crippen LogP contribution in [-0.2, 0) is 14.8 Å². The van der Waals surface area contributed by atoms with Gasteiger partial charge < -0.3 is 19.5 Å². The molecule has 9 heteroatoms. The number of hydrogen-bond acceptors (Lipinski definition) is 6. The second-order valence-electron chi connectivity index (χ2n) is 6.74. The van der Waals surface area contributed by atoms with E-state index in [2.05, 4.69) is 5.32 Å². The average Bonchev–Trinajstić information content (AvgIpc) is 2.72. The van der Waals surface area contributed by atoms with Crippen molar-refractivity contribution >= 4 is 21.6 Å². The molecule has 0 saturated heterocycles. The van der Waals surface area contributed by atoms with Crippen molar-refractivity contribution in [3.63, 3.8) is 0 Å². The molecule has 30 heavy (non-hydrogen) atoms. The van der Waals surface area contributed by atoms with Crippen LogP contribution in [0.5, 0.6) is 17.2 Å². The summed E-state index contributed by atoms with van der Waals surface area (Å²) in [6.07, 6.45) is 1.04. The highest BCUT2D eigenvalue weighted by molar-refractivity contribution is 7.92. The van der Waals surface area contributed by atoms with Crippen LogP contribution in [0.15, 0.2) is 42.5 Å². The number of carbonyl (C=O) groups is 1. The maximum Gasteiger partial charge on any atom is 0.244 e. The van der Waals surface area contributed by atoms with Gasteiger partial charge in [0.1, 0.15) is 23.3 Å². The first-order chi connectivity index (χ1) is 14.1. The molecule has 0 bridgehead atoms. The number of sulfonamides is 1. The zero-order chi connectivity index (χ0) is 22.5. The van der Waals surface area contributed by atoms with E-state index < -0.39 is 28.0 Å². The molecule has 0 fully saturated rings. The van der Waals surface area contributed by atoms with Gasteiger partial charge in [-0.2, -0.15) is 0 Å². The highest BCUT2D eigenvalue weighted by Crippen LogP contribution is 2.35. The van der Waals surface area contributed by atoms with Crippen LogP contribution in [0.25, 0.3) is 0 Å². The van der Waals surface area contributed by atoms with Crippen LogP contribution in [0.4, 0.5) is 5.69 Å². The predicted octanol–water partition coefficient (Wildman–Crippen LogP) is 2.74. The molecule has 0 spiro atoms. The van der Waals surface area contributed by atoms with Crippen LogP contribution in [0.3, 0.4) is 0 Å². The Bertz CT molecular complexity index is 993. The Balaban J connectivity index is 2.39. The van der Waals surface area contributed by atoms with Crippen molar-refractivity contribution in [1.82, 2.24) is 5.32 Å². The number of anilines is 1. The number of rotatable bonds is 9. The first kappa shape index (κ1) is 23.3. The highest BCUT2D eigenvalue weighted by atomic mass is 32.2. The van der Waals surface area contributed by atoms with Crippen molar-refractivity contribution in [2.45, 2.75) is 25.9 Å². The summed E-state index contributed by atoms with van der Waals surface area (Å²) in [6, 6.07) is 10.6. The number of nitrogens with zero attached hydrogens (tertiary/aromatic N) is 1. The quantitative estimate of drug-likeness (QED) is 0.650. The summed E-state index contributed by atoms with van der Waals surface area (Å²) in [6.45, 7) is 3.32. The van der Waals surface area contributed by atoms with E-state index >= 15 is 0 Å². The molecule has 1 N–H and O–H groups in total. The van der Waals surface area contributed by atoms with Gasteiger partial charge in [0, 0.05) is 11.6 Å². The molecule has 0 unspecified atom stereocenters. The molecule has 2 aromatic carbocycles. The van der Waals surface area contributed by atoms with Crippen LogP contribution in [0, 0.1) is 0 Å². The van der Waals surface area contributed by atoms with Gasteiger partial charge in [0.25, 0.3) is 0 Å². The monoisotopic (exact) mass is 436 g/mol. The second kappa shape index (κ2) is 9.71. The van der Waals surface area contributed by atoms with Gasteiger partial charge in [0.2, 0.25) is 15.9 Å². The van der Waals surface area contributed by atoms with Gasteiger partial charge >= 0.3 is 0 Å². The third kappa shape index (κ3) is 5.15. The van der Waals surface area contributed by atoms with Crippen LogP contribution < -0.4 is 23.8 Å². The van der Waals surface area contributed by atoms with Crippen molar-refractivity contribution in [3.05, 3.63) is 48.0 Å². The maximum atomic E-state index is 13.0. The fraction of sp³-hybridized carbons (Fsp3) is 0.381. The van der Waals surface area contributed by atoms with E-state index in [4.69, 9.17) is 14.2 Å². The standard InChI is InChI=1S/C21H28N2O6S/c1-14(17-9-7-8-10-19(17)28-4)22-21(24)15(2)23(30(6,25)26)18-13-16(27-3)11-12-20(18)29-5/h7-15H,1-6H3,(H,22,24)/t14-,15-/m0/s1. The Kier molecular flexibility index (Phi) is 7.55. The van der Waals surface area contributed by atoms with Crippen LogP contribution >= 0.6 is 0 Å². The Morgan fingerprint density at radius 1 is 0.967 bits per heavy atom. The summed E-state index contributed by atoms with van der Waals surface area (Å²) in [7, 11) is 0.636. The van der Waals surface area contributed by atoms with Crippen molar-refractivity contribution in [2.24, 2.45) is 0 Å². The van der Waals surface area contributed by atoms with Crippen molar-refractivity contribution in [2.75, 3.05) is 31.9 Å². The zero-order valence-electron chi connectivity index (χ0n) is 18.0. The highest BCUT2D eigenvalue weighted by Gasteiger charge is 2.32. The molecule has 0 aliphatic carbocycles. The minimum atomic E-state index is -3.82. The van der Waals surface area contributed by atoms with E-state index in [9.17, 15) is 13.2 Å². The number of carbonyl (C=O) groups excluding carboxylic acids is 1. The van der Waals surface area contributed by atoms with Gasteiger partial charge in [-0.15, -0.1) is 0 Å². The summed E-state index contributed by atoms with van der Waals surface area (Å²) < 4.78 is 42.2. The zero-order valence-corrected chi connectivity index (χ0v) is 18.8. The first-order valence-electron chi connectivity index (χ1n) is 9.28. The maximum absolute atomic E-state index is 13.0. The minimum Gasteiger partial charge on any atom is -0.497 e. The van der Waals surface area contributed by atoms with Crippen LogP contribution in [0.1, 0.15) is 25.5 Å². The second-order valence-corrected chi connectivity index (χ2v) is 8.60. The van der Waals surface area contributed by atoms with E-state index in [1.54, 1.807) is 32.2 Å². The third-order valence-electron chi connectivity index (χ3n) is 4.68. The van der Waals surface area contributed by atoms with Gasteiger partial charge in [0.15, 0.2) is 0 Å². The number of hydrogen-bond donors (Lipinski definition) is 1. The van der Waals surface area contributed by atoms with Gasteiger partial charge in [-0.1, -0.05) is 18.2 Å². The fourth-order valence-corrected chi connectivity index (χ4v) is 4.36. The van der Waals surface area contributed by atoms with E-state index in [0.29, 0.717) is 17.2 Å². The Labute approximate surface area is 177 Å². The van der Waals surface area contributed by atoms with Crippen LogP contribution in [0.2, 0.25) is 0 Å². The molecular formula is C21H28N2O6S. The topological polar surface area (TPSA) is 94.2 Å². The molecule has 2 rings (SSSR count). The van der Waals surface area contributed by atoms with E-state index in [-0.39, 0.29) is 5.69 Å². The molecule has 2 atom stereocenters. The molecule has 0 radical (unpaired) electrons. The number of para-hydroxylation sites is 1. The molecule has 0 aliphatic heterocycles. The smallest absolute Gasteiger partial charge is 0.244 e. The third-order valence-corrected chi connectivity index (χ3v) is 5.90. The lowest BCUT2D eigenvalue weighted by Gasteiger charge is -2.30. The number of benzene rings is 2. The SMILES string of the molecule is COc1ccc(OC)c(N([C@@H](C)C(=O)N[C@@H](C)c2ccccc2OC)S(C)(=O)=O)c1. The van der Waals surface area contributed by atoms with Gasteiger partial charge in [-0.3, -0.25) is 9.10 Å². The van der Waals surface area contributed by atoms with E-state index in [0.717, 1.165) is 16.1 Å². The number of amides is 1. The molecule has 164 valence electrons. The van der Waals surface area contributed by atoms with E-state index in [1.807, 2.05) is 18.2 Å². The summed E-state index contributed by atoms with van der Waals surface area (Å²) in [5, 5.41) is 2.86. The lowest BCUT2D eigenvalue weighted by atomic mass is 10.1. The summed E-state index contributed by atoms with van der Waals surface area (Å²) in [4.78, 5) is 13.0. The molecular weight excluding hydrogens is 408 g/mol. The largest absolute Gasteiger partial charge is 0.497 e. The van der Waals surface area contributed by atoms with Crippen LogP contribution in [-0.4, -0.2) is 48.0 Å². The molecule has 8 nitrogen and oxygen atoms in total. The van der Waals surface area contributed by atoms with Crippen molar-refractivity contribution in [1.29, 1.82) is 0 Å². The van der Waals surface area contributed by atoms with Gasteiger partial charge in [-0.25, -0.2) is 8.42 Å². The number of nitrogens with one attached hydrogen (secondary N) is 1. The predicted molar refractivity (Wildman–Crippen MR) is 116 cm³/mol. The Morgan fingerprint density at radius 2 is 1.60 bits per heavy atom. The number of ether oxygens (including phenoxy) is 3. The lowest BCUT2D eigenvalue weighted by molar-refractivity contribution is -0.122. The lowest BCUT2D eigenvalue weighted by Crippen LogP contribution is -2.48. The summed E-state index contributed by atoms with van der Waals surface area (Å²) in [5.74, 6) is 0.907. The number of methoxy groups -OCH3 is 3. The van der Waals surface area contributed by atoms with Gasteiger partial charge in [0.05, 0.1) is 39.3 Å².